The highest BCUT2D eigenvalue weighted by atomic mass is 35.5. The molecule has 150 valence electrons. The lowest BCUT2D eigenvalue weighted by Crippen LogP contribution is -2.51. The van der Waals surface area contributed by atoms with Gasteiger partial charge >= 0.3 is 0 Å². The minimum Gasteiger partial charge on any atom is -0.495 e. The van der Waals surface area contributed by atoms with Gasteiger partial charge in [0.1, 0.15) is 11.8 Å². The Kier molecular flexibility index (Phi) is 5.59. The number of amides is 1. The third-order valence-electron chi connectivity index (χ3n) is 4.89. The summed E-state index contributed by atoms with van der Waals surface area (Å²) in [6.07, 6.45) is 1.80. The molecule has 1 aliphatic rings. The summed E-state index contributed by atoms with van der Waals surface area (Å²) >= 11 is 6.10. The van der Waals surface area contributed by atoms with Gasteiger partial charge in [0.15, 0.2) is 0 Å². The van der Waals surface area contributed by atoms with E-state index in [4.69, 9.17) is 16.3 Å². The van der Waals surface area contributed by atoms with Crippen LogP contribution >= 0.6 is 11.6 Å². The number of benzene rings is 2. The molecular weight excluding hydrogens is 400 g/mol. The molecule has 0 unspecified atom stereocenters. The molecule has 0 aliphatic carbocycles. The number of ether oxygens (including phenoxy) is 1. The van der Waals surface area contributed by atoms with Crippen LogP contribution in [0.5, 0.6) is 5.75 Å². The Hall–Kier alpha value is -2.25. The van der Waals surface area contributed by atoms with E-state index >= 15 is 0 Å². The molecule has 6 nitrogen and oxygen atoms in total. The van der Waals surface area contributed by atoms with E-state index in [1.165, 1.54) is 13.2 Å². The molecule has 0 radical (unpaired) electrons. The first kappa shape index (κ1) is 20.5. The summed E-state index contributed by atoms with van der Waals surface area (Å²) in [5.74, 6) is 0.0225. The van der Waals surface area contributed by atoms with Crippen LogP contribution < -0.4 is 13.9 Å². The highest BCUT2D eigenvalue weighted by molar-refractivity contribution is 7.92. The average Bonchev–Trinajstić information content (AvgIpc) is 2.96. The summed E-state index contributed by atoms with van der Waals surface area (Å²) in [6.45, 7) is 3.53. The zero-order chi connectivity index (χ0) is 20.6. The third-order valence-corrected chi connectivity index (χ3v) is 6.35. The van der Waals surface area contributed by atoms with Gasteiger partial charge in [0.2, 0.25) is 10.0 Å². The van der Waals surface area contributed by atoms with E-state index < -0.39 is 16.1 Å². The smallest absolute Gasteiger partial charge is 0.250 e. The minimum atomic E-state index is -3.79. The number of rotatable bonds is 5. The summed E-state index contributed by atoms with van der Waals surface area (Å²) in [7, 11) is -2.35. The zero-order valence-electron chi connectivity index (χ0n) is 16.2. The molecule has 2 atom stereocenters. The number of halogens is 1. The fourth-order valence-corrected chi connectivity index (χ4v) is 5.04. The van der Waals surface area contributed by atoms with Crippen LogP contribution in [0.4, 0.5) is 11.4 Å². The molecule has 0 spiro atoms. The topological polar surface area (TPSA) is 66.9 Å². The van der Waals surface area contributed by atoms with Gasteiger partial charge in [0, 0.05) is 16.8 Å². The minimum absolute atomic E-state index is 0.0602. The Balaban J connectivity index is 2.06. The van der Waals surface area contributed by atoms with Crippen molar-refractivity contribution in [3.8, 4) is 5.75 Å². The van der Waals surface area contributed by atoms with Crippen LogP contribution in [0.1, 0.15) is 19.4 Å². The molecule has 28 heavy (non-hydrogen) atoms. The van der Waals surface area contributed by atoms with Gasteiger partial charge in [0.05, 0.1) is 19.1 Å². The van der Waals surface area contributed by atoms with Crippen LogP contribution in [0.2, 0.25) is 5.02 Å². The molecule has 8 heteroatoms. The van der Waals surface area contributed by atoms with Crippen LogP contribution in [-0.4, -0.2) is 39.8 Å². The third kappa shape index (κ3) is 3.69. The summed E-state index contributed by atoms with van der Waals surface area (Å²) in [5, 5.41) is 0.351. The van der Waals surface area contributed by atoms with Gasteiger partial charge in [-0.25, -0.2) is 8.42 Å². The molecule has 2 aromatic carbocycles. The number of anilines is 2. The SMILES string of the molecule is COc1ccc(Cl)cc1N([C@@H](C)C(=O)N1c2ccccc2C[C@H]1C)S(C)(=O)=O. The number of hydrogen-bond donors (Lipinski definition) is 0. The number of carbonyl (C=O) groups is 1. The molecule has 0 saturated heterocycles. The Morgan fingerprint density at radius 1 is 1.29 bits per heavy atom. The van der Waals surface area contributed by atoms with E-state index in [2.05, 4.69) is 0 Å². The molecule has 0 bridgehead atoms. The van der Waals surface area contributed by atoms with Gasteiger partial charge in [-0.1, -0.05) is 29.8 Å². The van der Waals surface area contributed by atoms with Gasteiger partial charge in [-0.2, -0.15) is 0 Å². The lowest BCUT2D eigenvalue weighted by atomic mass is 10.1. The van der Waals surface area contributed by atoms with Crippen molar-refractivity contribution in [3.05, 3.63) is 53.1 Å². The summed E-state index contributed by atoms with van der Waals surface area (Å²) in [4.78, 5) is 15.1. The second kappa shape index (κ2) is 7.64. The van der Waals surface area contributed by atoms with Crippen molar-refractivity contribution in [2.75, 3.05) is 22.6 Å². The van der Waals surface area contributed by atoms with Gasteiger partial charge in [0.25, 0.3) is 5.91 Å². The molecule has 0 fully saturated rings. The predicted molar refractivity (Wildman–Crippen MR) is 112 cm³/mol. The summed E-state index contributed by atoms with van der Waals surface area (Å²) < 4.78 is 31.7. The van der Waals surface area contributed by atoms with Gasteiger partial charge in [-0.15, -0.1) is 0 Å². The van der Waals surface area contributed by atoms with Crippen LogP contribution in [-0.2, 0) is 21.2 Å². The number of methoxy groups -OCH3 is 1. The molecule has 2 aromatic rings. The normalized spacial score (nSPS) is 17.2. The first-order valence-electron chi connectivity index (χ1n) is 8.89. The lowest BCUT2D eigenvalue weighted by Gasteiger charge is -2.33. The molecule has 3 rings (SSSR count). The lowest BCUT2D eigenvalue weighted by molar-refractivity contribution is -0.119. The van der Waals surface area contributed by atoms with Gasteiger partial charge in [-0.3, -0.25) is 9.10 Å². The number of sulfonamides is 1. The molecular formula is C20H23ClN2O4S. The number of hydrogen-bond acceptors (Lipinski definition) is 4. The van der Waals surface area contributed by atoms with Crippen LogP contribution in [0.3, 0.4) is 0 Å². The van der Waals surface area contributed by atoms with Crippen molar-refractivity contribution in [2.24, 2.45) is 0 Å². The molecule has 0 saturated carbocycles. The van der Waals surface area contributed by atoms with E-state index in [0.717, 1.165) is 28.2 Å². The maximum absolute atomic E-state index is 13.4. The van der Waals surface area contributed by atoms with Crippen molar-refractivity contribution >= 4 is 38.9 Å². The fraction of sp³-hybridized carbons (Fsp3) is 0.350. The molecule has 1 aliphatic heterocycles. The summed E-state index contributed by atoms with van der Waals surface area (Å²) in [5.41, 5.74) is 2.12. The van der Waals surface area contributed by atoms with E-state index in [1.54, 1.807) is 24.0 Å². The number of para-hydroxylation sites is 1. The predicted octanol–water partition coefficient (Wildman–Crippen LogP) is 3.48. The fourth-order valence-electron chi connectivity index (χ4n) is 3.71. The molecule has 1 amide bonds. The van der Waals surface area contributed by atoms with Crippen LogP contribution in [0, 0.1) is 0 Å². The van der Waals surface area contributed by atoms with Crippen molar-refractivity contribution in [3.63, 3.8) is 0 Å². The van der Waals surface area contributed by atoms with Gasteiger partial charge < -0.3 is 9.64 Å². The quantitative estimate of drug-likeness (QED) is 0.739. The van der Waals surface area contributed by atoms with Crippen LogP contribution in [0.15, 0.2) is 42.5 Å². The standard InChI is InChI=1S/C20H23ClN2O4S/c1-13-11-15-7-5-6-8-17(15)22(13)20(24)14(2)23(28(4,25)26)18-12-16(21)9-10-19(18)27-3/h5-10,12-14H,11H2,1-4H3/t13-,14+/m1/s1. The number of fused-ring (bicyclic) bond motifs is 1. The van der Waals surface area contributed by atoms with Crippen molar-refractivity contribution in [1.29, 1.82) is 0 Å². The average molecular weight is 423 g/mol. The Morgan fingerprint density at radius 3 is 2.61 bits per heavy atom. The number of carbonyl (C=O) groups excluding carboxylic acids is 1. The van der Waals surface area contributed by atoms with Crippen molar-refractivity contribution < 1.29 is 17.9 Å². The highest BCUT2D eigenvalue weighted by Gasteiger charge is 2.38. The van der Waals surface area contributed by atoms with E-state index in [0.29, 0.717) is 10.8 Å². The van der Waals surface area contributed by atoms with Crippen molar-refractivity contribution in [1.82, 2.24) is 0 Å². The second-order valence-corrected chi connectivity index (χ2v) is 9.24. The van der Waals surface area contributed by atoms with Gasteiger partial charge in [-0.05, 0) is 50.1 Å². The summed E-state index contributed by atoms with van der Waals surface area (Å²) in [6, 6.07) is 11.3. The molecule has 0 aromatic heterocycles. The molecule has 1 heterocycles. The van der Waals surface area contributed by atoms with E-state index in [9.17, 15) is 13.2 Å². The van der Waals surface area contributed by atoms with Crippen molar-refractivity contribution in [2.45, 2.75) is 32.4 Å². The Bertz CT molecular complexity index is 1010. The van der Waals surface area contributed by atoms with Crippen LogP contribution in [0.25, 0.3) is 0 Å². The zero-order valence-corrected chi connectivity index (χ0v) is 17.8. The maximum Gasteiger partial charge on any atom is 0.250 e. The number of nitrogens with zero attached hydrogens (tertiary/aromatic N) is 2. The second-order valence-electron chi connectivity index (χ2n) is 6.94. The maximum atomic E-state index is 13.4. The largest absolute Gasteiger partial charge is 0.495 e. The Labute approximate surface area is 170 Å². The first-order valence-corrected chi connectivity index (χ1v) is 11.1. The highest BCUT2D eigenvalue weighted by Crippen LogP contribution is 2.37. The monoisotopic (exact) mass is 422 g/mol. The van der Waals surface area contributed by atoms with E-state index in [1.807, 2.05) is 31.2 Å². The Morgan fingerprint density at radius 2 is 1.96 bits per heavy atom. The van der Waals surface area contributed by atoms with E-state index in [-0.39, 0.29) is 17.6 Å². The first-order chi connectivity index (χ1) is 13.1. The molecule has 0 N–H and O–H groups in total.